The molecule has 2 saturated heterocycles. The second-order valence-corrected chi connectivity index (χ2v) is 5.32. The predicted octanol–water partition coefficient (Wildman–Crippen LogP) is 1.09. The van der Waals surface area contributed by atoms with E-state index in [0.717, 1.165) is 13.1 Å². The maximum atomic E-state index is 5.84. The molecule has 0 spiro atoms. The molecule has 3 unspecified atom stereocenters. The normalized spacial score (nSPS) is 33.6. The highest BCUT2D eigenvalue weighted by Crippen LogP contribution is 2.26. The van der Waals surface area contributed by atoms with E-state index >= 15 is 0 Å². The van der Waals surface area contributed by atoms with Gasteiger partial charge in [-0.2, -0.15) is 0 Å². The third-order valence-electron chi connectivity index (χ3n) is 3.75. The smallest absolute Gasteiger partial charge is 0.0707 e. The molecule has 2 aliphatic heterocycles. The summed E-state index contributed by atoms with van der Waals surface area (Å²) in [6.07, 6.45) is 3.59. The highest BCUT2D eigenvalue weighted by Gasteiger charge is 2.34. The summed E-state index contributed by atoms with van der Waals surface area (Å²) in [5.41, 5.74) is 0. The van der Waals surface area contributed by atoms with E-state index < -0.39 is 0 Å². The molecule has 2 fully saturated rings. The van der Waals surface area contributed by atoms with Gasteiger partial charge >= 0.3 is 0 Å². The highest BCUT2D eigenvalue weighted by molar-refractivity contribution is 4.87. The number of ether oxygens (including phenoxy) is 1. The standard InChI is InChI=1S/C12H24N2O/c1-9(2)12(13-3)8-14-6-10-4-5-11(7-14)15-10/h9-13H,4-8H2,1-3H3. The van der Waals surface area contributed by atoms with Crippen LogP contribution in [0.2, 0.25) is 0 Å². The Kier molecular flexibility index (Phi) is 3.65. The van der Waals surface area contributed by atoms with Gasteiger partial charge in [-0.05, 0) is 25.8 Å². The maximum absolute atomic E-state index is 5.84. The Morgan fingerprint density at radius 2 is 1.87 bits per heavy atom. The Hall–Kier alpha value is -0.120. The largest absolute Gasteiger partial charge is 0.372 e. The van der Waals surface area contributed by atoms with Crippen LogP contribution in [0.1, 0.15) is 26.7 Å². The van der Waals surface area contributed by atoms with Gasteiger partial charge in [-0.15, -0.1) is 0 Å². The Balaban J connectivity index is 1.84. The van der Waals surface area contributed by atoms with Crippen LogP contribution in [0.25, 0.3) is 0 Å². The number of nitrogens with zero attached hydrogens (tertiary/aromatic N) is 1. The SMILES string of the molecule is CNC(CN1CC2CCC(C1)O2)C(C)C. The first-order valence-electron chi connectivity index (χ1n) is 6.24. The summed E-state index contributed by atoms with van der Waals surface area (Å²) in [4.78, 5) is 2.58. The molecule has 2 heterocycles. The van der Waals surface area contributed by atoms with Crippen molar-refractivity contribution in [1.29, 1.82) is 0 Å². The lowest BCUT2D eigenvalue weighted by Gasteiger charge is -2.35. The molecule has 0 amide bonds. The van der Waals surface area contributed by atoms with Gasteiger partial charge < -0.3 is 10.1 Å². The second kappa shape index (κ2) is 4.81. The zero-order valence-electron chi connectivity index (χ0n) is 10.2. The van der Waals surface area contributed by atoms with Gasteiger partial charge in [0.05, 0.1) is 12.2 Å². The van der Waals surface area contributed by atoms with E-state index in [4.69, 9.17) is 4.74 Å². The van der Waals surface area contributed by atoms with E-state index in [1.807, 2.05) is 0 Å². The average Bonchev–Trinajstić information content (AvgIpc) is 2.54. The van der Waals surface area contributed by atoms with Crippen molar-refractivity contribution in [3.05, 3.63) is 0 Å². The number of rotatable bonds is 4. The fourth-order valence-electron chi connectivity index (χ4n) is 2.76. The molecular weight excluding hydrogens is 188 g/mol. The molecule has 2 rings (SSSR count). The summed E-state index contributed by atoms with van der Waals surface area (Å²) < 4.78 is 5.84. The Labute approximate surface area is 93.2 Å². The van der Waals surface area contributed by atoms with Crippen molar-refractivity contribution < 1.29 is 4.74 Å². The molecule has 0 radical (unpaired) electrons. The number of likely N-dealkylation sites (N-methyl/N-ethyl adjacent to an activating group) is 1. The van der Waals surface area contributed by atoms with E-state index in [2.05, 4.69) is 31.1 Å². The molecule has 2 aliphatic rings. The van der Waals surface area contributed by atoms with Gasteiger partial charge in [0.2, 0.25) is 0 Å². The lowest BCUT2D eigenvalue weighted by atomic mass is 10.0. The van der Waals surface area contributed by atoms with Gasteiger partial charge in [0.1, 0.15) is 0 Å². The van der Waals surface area contributed by atoms with Crippen LogP contribution in [-0.4, -0.2) is 49.8 Å². The summed E-state index contributed by atoms with van der Waals surface area (Å²) >= 11 is 0. The fourth-order valence-corrected chi connectivity index (χ4v) is 2.76. The third-order valence-corrected chi connectivity index (χ3v) is 3.75. The first-order chi connectivity index (χ1) is 7.19. The minimum Gasteiger partial charge on any atom is -0.372 e. The molecule has 1 N–H and O–H groups in total. The van der Waals surface area contributed by atoms with Gasteiger partial charge in [0, 0.05) is 25.7 Å². The topological polar surface area (TPSA) is 24.5 Å². The average molecular weight is 212 g/mol. The quantitative estimate of drug-likeness (QED) is 0.755. The van der Waals surface area contributed by atoms with Crippen molar-refractivity contribution >= 4 is 0 Å². The number of hydrogen-bond donors (Lipinski definition) is 1. The zero-order chi connectivity index (χ0) is 10.8. The fraction of sp³-hybridized carbons (Fsp3) is 1.00. The molecule has 0 aliphatic carbocycles. The Bertz CT molecular complexity index is 196. The monoisotopic (exact) mass is 212 g/mol. The van der Waals surface area contributed by atoms with Crippen LogP contribution in [0.15, 0.2) is 0 Å². The summed E-state index contributed by atoms with van der Waals surface area (Å²) in [5.74, 6) is 0.704. The summed E-state index contributed by atoms with van der Waals surface area (Å²) in [6, 6.07) is 0.613. The Morgan fingerprint density at radius 1 is 1.27 bits per heavy atom. The van der Waals surface area contributed by atoms with Crippen LogP contribution < -0.4 is 5.32 Å². The van der Waals surface area contributed by atoms with E-state index in [0.29, 0.717) is 24.2 Å². The maximum Gasteiger partial charge on any atom is 0.0707 e. The number of hydrogen-bond acceptors (Lipinski definition) is 3. The Morgan fingerprint density at radius 3 is 2.33 bits per heavy atom. The third kappa shape index (κ3) is 2.71. The van der Waals surface area contributed by atoms with Crippen LogP contribution >= 0.6 is 0 Å². The molecule has 2 bridgehead atoms. The van der Waals surface area contributed by atoms with E-state index in [1.54, 1.807) is 0 Å². The van der Waals surface area contributed by atoms with E-state index in [-0.39, 0.29) is 0 Å². The number of likely N-dealkylation sites (tertiary alicyclic amines) is 1. The molecule has 0 saturated carbocycles. The molecule has 3 heteroatoms. The summed E-state index contributed by atoms with van der Waals surface area (Å²) in [6.45, 7) is 8.03. The van der Waals surface area contributed by atoms with E-state index in [1.165, 1.54) is 19.4 Å². The van der Waals surface area contributed by atoms with Crippen LogP contribution in [-0.2, 0) is 4.74 Å². The first-order valence-corrected chi connectivity index (χ1v) is 6.24. The van der Waals surface area contributed by atoms with E-state index in [9.17, 15) is 0 Å². The zero-order valence-corrected chi connectivity index (χ0v) is 10.2. The molecule has 0 aromatic carbocycles. The first kappa shape index (κ1) is 11.4. The molecule has 3 atom stereocenters. The molecule has 15 heavy (non-hydrogen) atoms. The lowest BCUT2D eigenvalue weighted by Crippen LogP contribution is -2.49. The highest BCUT2D eigenvalue weighted by atomic mass is 16.5. The van der Waals surface area contributed by atoms with Crippen molar-refractivity contribution in [1.82, 2.24) is 10.2 Å². The molecule has 0 aromatic rings. The predicted molar refractivity (Wildman–Crippen MR) is 62.0 cm³/mol. The summed E-state index contributed by atoms with van der Waals surface area (Å²) in [5, 5.41) is 3.42. The number of fused-ring (bicyclic) bond motifs is 2. The van der Waals surface area contributed by atoms with Gasteiger partial charge in [-0.1, -0.05) is 13.8 Å². The van der Waals surface area contributed by atoms with Gasteiger partial charge in [-0.25, -0.2) is 0 Å². The molecule has 88 valence electrons. The van der Waals surface area contributed by atoms with Crippen molar-refractivity contribution in [2.75, 3.05) is 26.7 Å². The number of nitrogens with one attached hydrogen (secondary N) is 1. The number of morpholine rings is 1. The van der Waals surface area contributed by atoms with Crippen LogP contribution in [0, 0.1) is 5.92 Å². The van der Waals surface area contributed by atoms with Gasteiger partial charge in [-0.3, -0.25) is 4.90 Å². The van der Waals surface area contributed by atoms with Crippen LogP contribution in [0.5, 0.6) is 0 Å². The van der Waals surface area contributed by atoms with Crippen molar-refractivity contribution in [2.24, 2.45) is 5.92 Å². The van der Waals surface area contributed by atoms with Gasteiger partial charge in [0.25, 0.3) is 0 Å². The van der Waals surface area contributed by atoms with Crippen LogP contribution in [0.4, 0.5) is 0 Å². The second-order valence-electron chi connectivity index (χ2n) is 5.32. The van der Waals surface area contributed by atoms with Crippen LogP contribution in [0.3, 0.4) is 0 Å². The lowest BCUT2D eigenvalue weighted by molar-refractivity contribution is -0.0417. The minimum atomic E-state index is 0.522. The van der Waals surface area contributed by atoms with Crippen molar-refractivity contribution in [2.45, 2.75) is 44.9 Å². The molecule has 0 aromatic heterocycles. The molecule has 3 nitrogen and oxygen atoms in total. The van der Waals surface area contributed by atoms with Crippen molar-refractivity contribution in [3.8, 4) is 0 Å². The molecular formula is C12H24N2O. The minimum absolute atomic E-state index is 0.522. The summed E-state index contributed by atoms with van der Waals surface area (Å²) in [7, 11) is 2.07. The van der Waals surface area contributed by atoms with Gasteiger partial charge in [0.15, 0.2) is 0 Å². The van der Waals surface area contributed by atoms with Crippen molar-refractivity contribution in [3.63, 3.8) is 0 Å².